The normalized spacial score (nSPS) is 36.8. The summed E-state index contributed by atoms with van der Waals surface area (Å²) < 4.78 is 82.8. The number of hydrogen-bond donors (Lipinski definition) is 15. The molecule has 5 aliphatic heterocycles. The second-order valence-corrected chi connectivity index (χ2v) is 21.4. The molecule has 5 fully saturated rings. The van der Waals surface area contributed by atoms with Crippen molar-refractivity contribution in [3.8, 4) is 17.2 Å². The predicted molar refractivity (Wildman–Crippen MR) is 294 cm³/mol. The van der Waals surface area contributed by atoms with Gasteiger partial charge in [-0.3, -0.25) is 4.79 Å². The van der Waals surface area contributed by atoms with Crippen LogP contribution in [0.15, 0.2) is 84.9 Å². The van der Waals surface area contributed by atoms with E-state index in [2.05, 4.69) is 0 Å². The average molecular weight is 1300 g/mol. The summed E-state index contributed by atoms with van der Waals surface area (Å²) >= 11 is 0. The number of hydrogen-bond acceptors (Lipinski definition) is 33. The largest absolute Gasteiger partial charge is 0.508 e. The van der Waals surface area contributed by atoms with Crippen LogP contribution in [0, 0.1) is 0 Å². The highest BCUT2D eigenvalue weighted by molar-refractivity contribution is 5.90. The van der Waals surface area contributed by atoms with E-state index in [-0.39, 0.29) is 28.4 Å². The Bertz CT molecular complexity index is 2930. The number of benzene rings is 3. The zero-order valence-corrected chi connectivity index (χ0v) is 48.3. The first kappa shape index (κ1) is 70.4. The highest BCUT2D eigenvalue weighted by atomic mass is 16.8. The van der Waals surface area contributed by atoms with Gasteiger partial charge >= 0.3 is 23.9 Å². The van der Waals surface area contributed by atoms with Crippen LogP contribution in [0.2, 0.25) is 0 Å². The van der Waals surface area contributed by atoms with E-state index < -0.39 is 210 Å². The Labute approximate surface area is 516 Å². The molecule has 0 aromatic heterocycles. The molecule has 24 atom stereocenters. The Balaban J connectivity index is 1.28. The van der Waals surface area contributed by atoms with Crippen LogP contribution in [0.3, 0.4) is 0 Å². The van der Waals surface area contributed by atoms with Gasteiger partial charge in [0.1, 0.15) is 123 Å². The van der Waals surface area contributed by atoms with Crippen molar-refractivity contribution in [2.24, 2.45) is 0 Å². The molecule has 91 heavy (non-hydrogen) atoms. The second kappa shape index (κ2) is 31.4. The SMILES string of the molecule is COc1cc(C=CC(=O)O[C@H]2[C@H](O[C@@H]3O[C@H](COC(C)=O)[C@@H](O)[C@H](O[C@@H]4O[C@H](CO)[C@@H](O)[C@H](O)[C@H]4O)[C@H]3O)[C@@H](O[C@@H]3O[C@H](CO)[C@@H](O)[C@H](O)[C@H]3O)[C@@H](O[C@]3(COC(=O)C=Cc4ccc(O)cc4)O[C@H](CO)[C@@H](O)[C@@H]3OC(=O)c3ccccc3)O[C@@H]2CO)ccc1O. The molecule has 15 N–H and O–H groups in total. The summed E-state index contributed by atoms with van der Waals surface area (Å²) in [5, 5.41) is 164. The van der Waals surface area contributed by atoms with E-state index in [9.17, 15) is 95.8 Å². The number of aliphatic hydroxyl groups is 13. The molecule has 8 rings (SSSR count). The van der Waals surface area contributed by atoms with Gasteiger partial charge in [0.2, 0.25) is 5.79 Å². The topological polar surface area (TPSA) is 501 Å². The van der Waals surface area contributed by atoms with Crippen LogP contribution in [-0.2, 0) is 76.0 Å². The average Bonchev–Trinajstić information content (AvgIpc) is 1.77. The van der Waals surface area contributed by atoms with E-state index in [4.69, 9.17) is 66.3 Å². The first-order chi connectivity index (χ1) is 43.4. The molecule has 0 aliphatic carbocycles. The smallest absolute Gasteiger partial charge is 0.338 e. The van der Waals surface area contributed by atoms with Crippen LogP contribution in [0.5, 0.6) is 17.2 Å². The van der Waals surface area contributed by atoms with Crippen molar-refractivity contribution < 1.29 is 162 Å². The Hall–Kier alpha value is -6.46. The summed E-state index contributed by atoms with van der Waals surface area (Å²) in [6.45, 7) is -5.58. The maximum Gasteiger partial charge on any atom is 0.338 e. The molecular weight excluding hydrogens is 1220 g/mol. The zero-order valence-electron chi connectivity index (χ0n) is 48.3. The lowest BCUT2D eigenvalue weighted by Crippen LogP contribution is -2.69. The van der Waals surface area contributed by atoms with Crippen molar-refractivity contribution in [2.75, 3.05) is 46.8 Å². The number of phenolic OH excluding ortho intramolecular Hbond substituents is 2. The van der Waals surface area contributed by atoms with Crippen molar-refractivity contribution in [3.63, 3.8) is 0 Å². The Kier molecular flexibility index (Phi) is 24.3. The Morgan fingerprint density at radius 3 is 1.65 bits per heavy atom. The minimum absolute atomic E-state index is 0.0274. The maximum absolute atomic E-state index is 14.2. The molecule has 33 nitrogen and oxygen atoms in total. The summed E-state index contributed by atoms with van der Waals surface area (Å²) in [5.74, 6) is -8.05. The highest BCUT2D eigenvalue weighted by Gasteiger charge is 2.64. The molecule has 0 bridgehead atoms. The minimum atomic E-state index is -2.98. The van der Waals surface area contributed by atoms with Gasteiger partial charge in [-0.1, -0.05) is 36.4 Å². The minimum Gasteiger partial charge on any atom is -0.508 e. The Morgan fingerprint density at radius 2 is 1.05 bits per heavy atom. The maximum atomic E-state index is 14.2. The predicted octanol–water partition coefficient (Wildman–Crippen LogP) is -5.54. The molecule has 0 spiro atoms. The van der Waals surface area contributed by atoms with Crippen LogP contribution < -0.4 is 4.74 Å². The standard InChI is InChI=1S/C58H72O33/c1-25(63)79-23-36-41(70)49(86-54-45(74)43(72)39(68)32(19-59)81-54)47(76)56(84-36)87-50-48(85-38(67)17-12-27-10-15-30(65)31(18-27)78-2)35(22-62)83-57(51(50)88-55-46(75)44(73)40(69)33(20-60)82-55)91-58(24-80-37(66)16-11-26-8-13-29(64)14-9-26)52(42(71)34(21-61)90-58)89-53(77)28-6-4-3-5-7-28/h3-18,32-36,39-52,54-57,59-62,64-65,68-76H,19-24H2,1-2H3/t32-,33-,34-,35-,36-,39-,40-,41-,42-,43+,44+,45-,46-,47-,48-,49+,50+,51-,52+,54+,55+,56+,57-,58+/m1/s1. The van der Waals surface area contributed by atoms with E-state index >= 15 is 0 Å². The van der Waals surface area contributed by atoms with E-state index in [1.54, 1.807) is 6.07 Å². The van der Waals surface area contributed by atoms with Gasteiger partial charge in [-0.25, -0.2) is 14.4 Å². The van der Waals surface area contributed by atoms with Crippen molar-refractivity contribution >= 4 is 36.0 Å². The van der Waals surface area contributed by atoms with E-state index in [0.717, 1.165) is 19.1 Å². The number of carbonyl (C=O) groups is 4. The molecular formula is C58H72O33. The highest BCUT2D eigenvalue weighted by Crippen LogP contribution is 2.43. The molecule has 0 amide bonds. The molecule has 5 saturated heterocycles. The number of aliphatic hydroxyl groups excluding tert-OH is 13. The monoisotopic (exact) mass is 1300 g/mol. The van der Waals surface area contributed by atoms with Crippen LogP contribution in [0.4, 0.5) is 0 Å². The van der Waals surface area contributed by atoms with Crippen molar-refractivity contribution in [2.45, 2.75) is 154 Å². The van der Waals surface area contributed by atoms with Crippen LogP contribution in [-0.4, -0.2) is 294 Å². The molecule has 502 valence electrons. The number of methoxy groups -OCH3 is 1. The van der Waals surface area contributed by atoms with Gasteiger partial charge in [0.15, 0.2) is 48.9 Å². The van der Waals surface area contributed by atoms with Crippen LogP contribution in [0.1, 0.15) is 28.4 Å². The fourth-order valence-corrected chi connectivity index (χ4v) is 10.4. The number of rotatable bonds is 24. The lowest BCUT2D eigenvalue weighted by atomic mass is 9.95. The van der Waals surface area contributed by atoms with Gasteiger partial charge in [0, 0.05) is 19.1 Å². The molecule has 5 heterocycles. The summed E-state index contributed by atoms with van der Waals surface area (Å²) in [7, 11) is 1.25. The van der Waals surface area contributed by atoms with Gasteiger partial charge in [-0.2, -0.15) is 0 Å². The molecule has 5 aliphatic rings. The quantitative estimate of drug-likeness (QED) is 0.0226. The van der Waals surface area contributed by atoms with Gasteiger partial charge in [-0.15, -0.1) is 0 Å². The van der Waals surface area contributed by atoms with Crippen LogP contribution in [0.25, 0.3) is 12.2 Å². The number of carbonyl (C=O) groups excluding carboxylic acids is 4. The second-order valence-electron chi connectivity index (χ2n) is 21.4. The Morgan fingerprint density at radius 1 is 0.516 bits per heavy atom. The van der Waals surface area contributed by atoms with Gasteiger partial charge < -0.3 is 143 Å². The fourth-order valence-electron chi connectivity index (χ4n) is 10.4. The first-order valence-electron chi connectivity index (χ1n) is 28.2. The van der Waals surface area contributed by atoms with E-state index in [0.29, 0.717) is 5.56 Å². The molecule has 3 aromatic rings. The van der Waals surface area contributed by atoms with Crippen molar-refractivity contribution in [1.82, 2.24) is 0 Å². The number of esters is 4. The van der Waals surface area contributed by atoms with Crippen molar-refractivity contribution in [1.29, 1.82) is 0 Å². The van der Waals surface area contributed by atoms with Gasteiger partial charge in [-0.05, 0) is 59.7 Å². The lowest BCUT2D eigenvalue weighted by Gasteiger charge is -2.51. The third-order valence-electron chi connectivity index (χ3n) is 15.2. The summed E-state index contributed by atoms with van der Waals surface area (Å²) in [6.07, 6.45) is -45.3. The number of ether oxygens (including phenoxy) is 14. The van der Waals surface area contributed by atoms with Gasteiger partial charge in [0.05, 0.1) is 39.1 Å². The molecule has 0 radical (unpaired) electrons. The fraction of sp³-hybridized carbons (Fsp3) is 0.552. The van der Waals surface area contributed by atoms with E-state index in [1.165, 1.54) is 86.0 Å². The lowest BCUT2D eigenvalue weighted by molar-refractivity contribution is -0.423. The molecule has 3 aromatic carbocycles. The zero-order chi connectivity index (χ0) is 66.0. The van der Waals surface area contributed by atoms with E-state index in [1.807, 2.05) is 0 Å². The number of phenols is 2. The first-order valence-corrected chi connectivity index (χ1v) is 28.2. The molecule has 0 unspecified atom stereocenters. The third kappa shape index (κ3) is 16.5. The van der Waals surface area contributed by atoms with Crippen molar-refractivity contribution in [3.05, 3.63) is 102 Å². The number of aromatic hydroxyl groups is 2. The van der Waals surface area contributed by atoms with Gasteiger partial charge in [0.25, 0.3) is 0 Å². The molecule has 0 saturated carbocycles. The third-order valence-corrected chi connectivity index (χ3v) is 15.2. The van der Waals surface area contributed by atoms with Crippen LogP contribution >= 0.6 is 0 Å². The molecule has 33 heteroatoms. The summed E-state index contributed by atoms with van der Waals surface area (Å²) in [5.41, 5.74) is 0.448. The summed E-state index contributed by atoms with van der Waals surface area (Å²) in [6, 6.07) is 16.5. The summed E-state index contributed by atoms with van der Waals surface area (Å²) in [4.78, 5) is 54.3.